The largest absolute Gasteiger partial charge is 0.326 e. The van der Waals surface area contributed by atoms with Gasteiger partial charge in [-0.3, -0.25) is 4.79 Å². The molecule has 1 heterocycles. The summed E-state index contributed by atoms with van der Waals surface area (Å²) in [5, 5.41) is 2.99. The Bertz CT molecular complexity index is 608. The lowest BCUT2D eigenvalue weighted by Gasteiger charge is -2.03. The third-order valence-corrected chi connectivity index (χ3v) is 5.26. The van der Waals surface area contributed by atoms with Crippen molar-refractivity contribution < 1.29 is 4.79 Å². The molecule has 5 heteroatoms. The van der Waals surface area contributed by atoms with Gasteiger partial charge in [0, 0.05) is 11.6 Å². The van der Waals surface area contributed by atoms with Gasteiger partial charge in [0.2, 0.25) is 5.91 Å². The van der Waals surface area contributed by atoms with Gasteiger partial charge in [-0.15, -0.1) is 11.3 Å². The maximum absolute atomic E-state index is 11.9. The lowest BCUT2D eigenvalue weighted by atomic mass is 10.2. The van der Waals surface area contributed by atoms with E-state index in [9.17, 15) is 4.79 Å². The number of hydrogen-bond acceptors (Lipinski definition) is 4. The minimum absolute atomic E-state index is 0.149. The van der Waals surface area contributed by atoms with Gasteiger partial charge in [-0.2, -0.15) is 0 Å². The third kappa shape index (κ3) is 2.24. The Morgan fingerprint density at radius 1 is 1.56 bits per heavy atom. The van der Waals surface area contributed by atoms with E-state index in [1.165, 1.54) is 0 Å². The zero-order valence-corrected chi connectivity index (χ0v) is 11.9. The Morgan fingerprint density at radius 3 is 3.00 bits per heavy atom. The van der Waals surface area contributed by atoms with Gasteiger partial charge in [0.25, 0.3) is 0 Å². The molecule has 1 aliphatic rings. The molecule has 0 saturated heterocycles. The molecule has 18 heavy (non-hydrogen) atoms. The lowest BCUT2D eigenvalue weighted by Crippen LogP contribution is -2.14. The highest BCUT2D eigenvalue weighted by Crippen LogP contribution is 2.38. The highest BCUT2D eigenvalue weighted by Gasteiger charge is 2.39. The summed E-state index contributed by atoms with van der Waals surface area (Å²) in [6, 6.07) is 5.91. The van der Waals surface area contributed by atoms with Crippen LogP contribution in [0, 0.1) is 11.8 Å². The topological polar surface area (TPSA) is 42.0 Å². The second-order valence-electron chi connectivity index (χ2n) is 4.68. The highest BCUT2D eigenvalue weighted by molar-refractivity contribution is 8.00. The monoisotopic (exact) mass is 278 g/mol. The van der Waals surface area contributed by atoms with E-state index in [0.717, 1.165) is 26.7 Å². The Morgan fingerprint density at radius 2 is 2.33 bits per heavy atom. The number of benzene rings is 1. The molecule has 0 radical (unpaired) electrons. The van der Waals surface area contributed by atoms with Crippen LogP contribution in [0.1, 0.15) is 13.3 Å². The zero-order valence-electron chi connectivity index (χ0n) is 10.3. The summed E-state index contributed by atoms with van der Waals surface area (Å²) in [7, 11) is 0. The molecule has 1 aliphatic carbocycles. The molecule has 1 amide bonds. The molecule has 1 aromatic carbocycles. The number of thiazole rings is 1. The number of carbonyl (C=O) groups is 1. The molecule has 94 valence electrons. The second kappa shape index (κ2) is 4.55. The second-order valence-corrected chi connectivity index (χ2v) is 6.76. The molecule has 1 fully saturated rings. The van der Waals surface area contributed by atoms with Crippen molar-refractivity contribution in [1.82, 2.24) is 4.98 Å². The van der Waals surface area contributed by atoms with Crippen LogP contribution in [0.15, 0.2) is 22.5 Å². The molecule has 1 aromatic heterocycles. The number of hydrogen-bond donors (Lipinski definition) is 1. The van der Waals surface area contributed by atoms with Crippen LogP contribution in [-0.4, -0.2) is 17.1 Å². The Balaban J connectivity index is 1.82. The van der Waals surface area contributed by atoms with Crippen molar-refractivity contribution in [3.63, 3.8) is 0 Å². The quantitative estimate of drug-likeness (QED) is 0.872. The first-order valence-electron chi connectivity index (χ1n) is 5.93. The van der Waals surface area contributed by atoms with Crippen molar-refractivity contribution in [3.05, 3.63) is 18.2 Å². The number of aromatic nitrogens is 1. The Hall–Kier alpha value is -1.07. The molecule has 0 spiro atoms. The molecule has 0 aliphatic heterocycles. The van der Waals surface area contributed by atoms with Gasteiger partial charge in [-0.05, 0) is 36.8 Å². The van der Waals surface area contributed by atoms with Crippen LogP contribution in [-0.2, 0) is 4.79 Å². The van der Waals surface area contributed by atoms with E-state index in [2.05, 4.69) is 17.2 Å². The Labute approximate surface area is 114 Å². The molecule has 2 aromatic rings. The predicted molar refractivity (Wildman–Crippen MR) is 77.3 cm³/mol. The number of nitrogens with one attached hydrogen (secondary N) is 1. The zero-order chi connectivity index (χ0) is 12.7. The highest BCUT2D eigenvalue weighted by atomic mass is 32.2. The van der Waals surface area contributed by atoms with Crippen LogP contribution in [0.25, 0.3) is 10.2 Å². The van der Waals surface area contributed by atoms with Crippen molar-refractivity contribution >= 4 is 44.9 Å². The standard InChI is InChI=1S/C13H14N2OS2/c1-7-5-9(7)12(16)14-8-3-4-10-11(6-8)18-13(15-10)17-2/h3-4,6-7,9H,5H2,1-2H3,(H,14,16). The predicted octanol–water partition coefficient (Wildman–Crippen LogP) is 3.61. The van der Waals surface area contributed by atoms with Gasteiger partial charge in [0.1, 0.15) is 0 Å². The number of amides is 1. The van der Waals surface area contributed by atoms with Gasteiger partial charge < -0.3 is 5.32 Å². The van der Waals surface area contributed by atoms with Gasteiger partial charge in [-0.1, -0.05) is 18.7 Å². The summed E-state index contributed by atoms with van der Waals surface area (Å²) in [6.07, 6.45) is 3.04. The molecule has 0 bridgehead atoms. The lowest BCUT2D eigenvalue weighted by molar-refractivity contribution is -0.117. The van der Waals surface area contributed by atoms with Crippen LogP contribution in [0.5, 0.6) is 0 Å². The average molecular weight is 278 g/mol. The minimum atomic E-state index is 0.149. The summed E-state index contributed by atoms with van der Waals surface area (Å²) in [5.74, 6) is 0.903. The first kappa shape index (κ1) is 12.0. The summed E-state index contributed by atoms with van der Waals surface area (Å²) >= 11 is 3.31. The normalized spacial score (nSPS) is 22.1. The summed E-state index contributed by atoms with van der Waals surface area (Å²) in [4.78, 5) is 16.3. The third-order valence-electron chi connectivity index (χ3n) is 3.26. The number of fused-ring (bicyclic) bond motifs is 1. The molecule has 1 saturated carbocycles. The van der Waals surface area contributed by atoms with Gasteiger partial charge >= 0.3 is 0 Å². The van der Waals surface area contributed by atoms with Crippen LogP contribution in [0.2, 0.25) is 0 Å². The smallest absolute Gasteiger partial charge is 0.227 e. The maximum atomic E-state index is 11.9. The van der Waals surface area contributed by atoms with Crippen LogP contribution < -0.4 is 5.32 Å². The fourth-order valence-electron chi connectivity index (χ4n) is 1.99. The van der Waals surface area contributed by atoms with Crippen LogP contribution in [0.4, 0.5) is 5.69 Å². The van der Waals surface area contributed by atoms with Crippen LogP contribution >= 0.6 is 23.1 Å². The van der Waals surface area contributed by atoms with E-state index in [1.807, 2.05) is 24.5 Å². The first-order chi connectivity index (χ1) is 8.67. The number of carbonyl (C=O) groups excluding carboxylic acids is 1. The molecule has 2 unspecified atom stereocenters. The van der Waals surface area contributed by atoms with Crippen molar-refractivity contribution in [2.45, 2.75) is 17.7 Å². The number of nitrogens with zero attached hydrogens (tertiary/aromatic N) is 1. The fraction of sp³-hybridized carbons (Fsp3) is 0.385. The van der Waals surface area contributed by atoms with E-state index in [4.69, 9.17) is 0 Å². The van der Waals surface area contributed by atoms with Gasteiger partial charge in [0.15, 0.2) is 4.34 Å². The molecule has 1 N–H and O–H groups in total. The average Bonchev–Trinajstić information content (AvgIpc) is 2.95. The molecular weight excluding hydrogens is 264 g/mol. The van der Waals surface area contributed by atoms with Crippen LogP contribution in [0.3, 0.4) is 0 Å². The van der Waals surface area contributed by atoms with Crippen molar-refractivity contribution in [1.29, 1.82) is 0 Å². The van der Waals surface area contributed by atoms with E-state index < -0.39 is 0 Å². The van der Waals surface area contributed by atoms with Crippen molar-refractivity contribution in [3.8, 4) is 0 Å². The van der Waals surface area contributed by atoms with E-state index in [-0.39, 0.29) is 11.8 Å². The summed E-state index contributed by atoms with van der Waals surface area (Å²) < 4.78 is 2.19. The van der Waals surface area contributed by atoms with E-state index in [0.29, 0.717) is 5.92 Å². The number of thioether (sulfide) groups is 1. The SMILES string of the molecule is CSc1nc2ccc(NC(=O)C3CC3C)cc2s1. The number of anilines is 1. The van der Waals surface area contributed by atoms with Gasteiger partial charge in [0.05, 0.1) is 10.2 Å². The molecule has 2 atom stereocenters. The molecular formula is C13H14N2OS2. The Kier molecular flexibility index (Phi) is 3.03. The van der Waals surface area contributed by atoms with Crippen molar-refractivity contribution in [2.75, 3.05) is 11.6 Å². The maximum Gasteiger partial charge on any atom is 0.227 e. The van der Waals surface area contributed by atoms with E-state index >= 15 is 0 Å². The summed E-state index contributed by atoms with van der Waals surface area (Å²) in [5.41, 5.74) is 1.88. The van der Waals surface area contributed by atoms with E-state index in [1.54, 1.807) is 23.1 Å². The minimum Gasteiger partial charge on any atom is -0.326 e. The fourth-order valence-corrected chi connectivity index (χ4v) is 3.52. The molecule has 3 nitrogen and oxygen atoms in total. The number of rotatable bonds is 3. The van der Waals surface area contributed by atoms with Crippen molar-refractivity contribution in [2.24, 2.45) is 11.8 Å². The first-order valence-corrected chi connectivity index (χ1v) is 7.97. The van der Waals surface area contributed by atoms with Gasteiger partial charge in [-0.25, -0.2) is 4.98 Å². The summed E-state index contributed by atoms with van der Waals surface area (Å²) in [6.45, 7) is 2.11. The molecule has 3 rings (SSSR count).